The van der Waals surface area contributed by atoms with E-state index in [4.69, 9.17) is 9.84 Å². The number of amides is 1. The van der Waals surface area contributed by atoms with Gasteiger partial charge in [-0.3, -0.25) is 9.59 Å². The van der Waals surface area contributed by atoms with Crippen LogP contribution in [-0.2, 0) is 20.8 Å². The van der Waals surface area contributed by atoms with Crippen LogP contribution in [0.2, 0.25) is 0 Å². The molecular weight excluding hydrogens is 322 g/mol. The summed E-state index contributed by atoms with van der Waals surface area (Å²) in [5.41, 5.74) is 4.79. The fraction of sp³-hybridized carbons (Fsp3) is 0.105. The van der Waals surface area contributed by atoms with Crippen molar-refractivity contribution < 1.29 is 24.2 Å². The number of carboxylic acid groups (broad SMARTS) is 1. The van der Waals surface area contributed by atoms with Crippen molar-refractivity contribution in [1.82, 2.24) is 0 Å². The Balaban J connectivity index is 1.80. The van der Waals surface area contributed by atoms with Gasteiger partial charge in [-0.15, -0.1) is 0 Å². The highest BCUT2D eigenvalue weighted by Crippen LogP contribution is 2.39. The van der Waals surface area contributed by atoms with Gasteiger partial charge >= 0.3 is 11.9 Å². The normalized spacial score (nSPS) is 11.7. The molecule has 126 valence electrons. The van der Waals surface area contributed by atoms with Gasteiger partial charge in [0.2, 0.25) is 5.91 Å². The Bertz CT molecular complexity index is 914. The summed E-state index contributed by atoms with van der Waals surface area (Å²) in [5, 5.41) is 11.2. The maximum absolute atomic E-state index is 11.7. The Morgan fingerprint density at radius 2 is 1.72 bits per heavy atom. The van der Waals surface area contributed by atoms with Crippen molar-refractivity contribution in [3.05, 3.63) is 59.7 Å². The van der Waals surface area contributed by atoms with Gasteiger partial charge in [-0.2, -0.15) is 0 Å². The second-order valence-corrected chi connectivity index (χ2v) is 5.62. The van der Waals surface area contributed by atoms with E-state index in [1.54, 1.807) is 12.1 Å². The molecule has 2 aromatic rings. The van der Waals surface area contributed by atoms with Gasteiger partial charge in [0, 0.05) is 24.8 Å². The van der Waals surface area contributed by atoms with E-state index in [9.17, 15) is 14.4 Å². The molecule has 1 amide bonds. The first-order chi connectivity index (χ1) is 11.9. The zero-order valence-corrected chi connectivity index (χ0v) is 13.4. The molecule has 0 bridgehead atoms. The van der Waals surface area contributed by atoms with Crippen molar-refractivity contribution in [1.29, 1.82) is 0 Å². The van der Waals surface area contributed by atoms with Crippen molar-refractivity contribution in [3.8, 4) is 16.9 Å². The van der Waals surface area contributed by atoms with Crippen molar-refractivity contribution in [2.24, 2.45) is 0 Å². The number of aliphatic carboxylic acids is 1. The zero-order chi connectivity index (χ0) is 18.0. The Labute approximate surface area is 143 Å². The highest BCUT2D eigenvalue weighted by Gasteiger charge is 2.19. The van der Waals surface area contributed by atoms with Gasteiger partial charge in [0.25, 0.3) is 0 Å². The number of hydrogen-bond donors (Lipinski definition) is 2. The van der Waals surface area contributed by atoms with Gasteiger partial charge in [-0.05, 0) is 52.9 Å². The number of hydrogen-bond acceptors (Lipinski definition) is 4. The zero-order valence-electron chi connectivity index (χ0n) is 13.4. The Morgan fingerprint density at radius 1 is 1.04 bits per heavy atom. The summed E-state index contributed by atoms with van der Waals surface area (Å²) in [6.07, 6.45) is 2.42. The maximum atomic E-state index is 11.7. The van der Waals surface area contributed by atoms with Gasteiger partial charge in [-0.1, -0.05) is 12.1 Å². The lowest BCUT2D eigenvalue weighted by Gasteiger charge is -2.06. The van der Waals surface area contributed by atoms with Crippen LogP contribution in [0.1, 0.15) is 18.1 Å². The number of anilines is 1. The predicted molar refractivity (Wildman–Crippen MR) is 91.4 cm³/mol. The predicted octanol–water partition coefficient (Wildman–Crippen LogP) is 2.76. The summed E-state index contributed by atoms with van der Waals surface area (Å²) in [7, 11) is 0. The van der Waals surface area contributed by atoms with Crippen LogP contribution in [-0.4, -0.2) is 23.0 Å². The molecule has 6 heteroatoms. The van der Waals surface area contributed by atoms with Crippen molar-refractivity contribution in [3.63, 3.8) is 0 Å². The topological polar surface area (TPSA) is 92.7 Å². The lowest BCUT2D eigenvalue weighted by molar-refractivity contribution is -0.132. The fourth-order valence-electron chi connectivity index (χ4n) is 2.83. The average molecular weight is 337 g/mol. The molecule has 0 saturated heterocycles. The minimum absolute atomic E-state index is 0.366. The second-order valence-electron chi connectivity index (χ2n) is 5.62. The van der Waals surface area contributed by atoms with Crippen LogP contribution in [0.25, 0.3) is 11.1 Å². The summed E-state index contributed by atoms with van der Waals surface area (Å²) in [6.45, 7) is 1.36. The molecule has 0 saturated carbocycles. The number of carbonyl (C=O) groups excluding carboxylic acids is 2. The number of nitrogens with one attached hydrogen (secondary N) is 1. The molecule has 25 heavy (non-hydrogen) atoms. The molecule has 1 aliphatic carbocycles. The van der Waals surface area contributed by atoms with Gasteiger partial charge in [-0.25, -0.2) is 4.79 Å². The van der Waals surface area contributed by atoms with E-state index < -0.39 is 11.9 Å². The standard InChI is InChI=1S/C19H15NO5/c1-11(21)25-15-3-5-17-13(10-15)8-12-9-14(2-4-16(12)17)20-18(22)6-7-19(23)24/h2-7,9-10H,8H2,1H3,(H,20,22)(H,23,24). The third-order valence-electron chi connectivity index (χ3n) is 3.76. The summed E-state index contributed by atoms with van der Waals surface area (Å²) in [6, 6.07) is 11.0. The lowest BCUT2D eigenvalue weighted by Crippen LogP contribution is -2.08. The van der Waals surface area contributed by atoms with Crippen molar-refractivity contribution in [2.45, 2.75) is 13.3 Å². The molecule has 0 aliphatic heterocycles. The number of benzene rings is 2. The number of ether oxygens (including phenoxy) is 1. The minimum Gasteiger partial charge on any atom is -0.478 e. The summed E-state index contributed by atoms with van der Waals surface area (Å²) >= 11 is 0. The van der Waals surface area contributed by atoms with Crippen LogP contribution in [0.5, 0.6) is 5.75 Å². The van der Waals surface area contributed by atoms with Crippen LogP contribution in [0.15, 0.2) is 48.6 Å². The smallest absolute Gasteiger partial charge is 0.328 e. The third-order valence-corrected chi connectivity index (χ3v) is 3.76. The summed E-state index contributed by atoms with van der Waals surface area (Å²) in [4.78, 5) is 33.2. The largest absolute Gasteiger partial charge is 0.478 e. The highest BCUT2D eigenvalue weighted by molar-refractivity contribution is 6.02. The molecule has 0 radical (unpaired) electrons. The van der Waals surface area contributed by atoms with Crippen LogP contribution in [0.3, 0.4) is 0 Å². The SMILES string of the molecule is CC(=O)Oc1ccc2c(c1)Cc1cc(NC(=O)C=CC(=O)O)ccc1-2. The van der Waals surface area contributed by atoms with Gasteiger partial charge in [0.05, 0.1) is 0 Å². The van der Waals surface area contributed by atoms with E-state index in [-0.39, 0.29) is 5.97 Å². The molecule has 0 atom stereocenters. The monoisotopic (exact) mass is 337 g/mol. The molecule has 2 aromatic carbocycles. The maximum Gasteiger partial charge on any atom is 0.328 e. The van der Waals surface area contributed by atoms with Crippen molar-refractivity contribution >= 4 is 23.5 Å². The molecule has 3 rings (SSSR count). The van der Waals surface area contributed by atoms with E-state index in [1.165, 1.54) is 6.92 Å². The average Bonchev–Trinajstić information content (AvgIpc) is 2.89. The number of carbonyl (C=O) groups is 3. The minimum atomic E-state index is -1.18. The lowest BCUT2D eigenvalue weighted by atomic mass is 10.1. The highest BCUT2D eigenvalue weighted by atomic mass is 16.5. The van der Waals surface area contributed by atoms with Crippen LogP contribution in [0, 0.1) is 0 Å². The first-order valence-electron chi connectivity index (χ1n) is 7.59. The van der Waals surface area contributed by atoms with Gasteiger partial charge < -0.3 is 15.2 Å². The molecule has 1 aliphatic rings. The fourth-order valence-corrected chi connectivity index (χ4v) is 2.83. The number of fused-ring (bicyclic) bond motifs is 3. The quantitative estimate of drug-likeness (QED) is 0.434. The van der Waals surface area contributed by atoms with Crippen LogP contribution in [0.4, 0.5) is 5.69 Å². The number of rotatable bonds is 4. The number of esters is 1. The van der Waals surface area contributed by atoms with E-state index in [1.807, 2.05) is 24.3 Å². The van der Waals surface area contributed by atoms with E-state index in [0.29, 0.717) is 17.9 Å². The molecular formula is C19H15NO5. The van der Waals surface area contributed by atoms with Gasteiger partial charge in [0.1, 0.15) is 5.75 Å². The van der Waals surface area contributed by atoms with E-state index in [2.05, 4.69) is 5.32 Å². The molecule has 0 fully saturated rings. The molecule has 6 nitrogen and oxygen atoms in total. The summed E-state index contributed by atoms with van der Waals surface area (Å²) < 4.78 is 5.11. The Kier molecular flexibility index (Phi) is 4.35. The first-order valence-corrected chi connectivity index (χ1v) is 7.59. The number of carboxylic acids is 1. The van der Waals surface area contributed by atoms with Crippen molar-refractivity contribution in [2.75, 3.05) is 5.32 Å². The Morgan fingerprint density at radius 3 is 2.40 bits per heavy atom. The van der Waals surface area contributed by atoms with Gasteiger partial charge in [0.15, 0.2) is 0 Å². The molecule has 0 aromatic heterocycles. The summed E-state index contributed by atoms with van der Waals surface area (Å²) in [5.74, 6) is -1.54. The third kappa shape index (κ3) is 3.74. The molecule has 0 spiro atoms. The van der Waals surface area contributed by atoms with E-state index >= 15 is 0 Å². The van der Waals surface area contributed by atoms with Crippen LogP contribution < -0.4 is 10.1 Å². The van der Waals surface area contributed by atoms with Crippen LogP contribution >= 0.6 is 0 Å². The van der Waals surface area contributed by atoms with E-state index in [0.717, 1.165) is 34.4 Å². The molecule has 0 heterocycles. The second kappa shape index (κ2) is 6.60. The first kappa shape index (κ1) is 16.4. The molecule has 2 N–H and O–H groups in total. The molecule has 0 unspecified atom stereocenters. The Hall–Kier alpha value is -3.41.